The van der Waals surface area contributed by atoms with Crippen molar-refractivity contribution in [2.45, 2.75) is 6.54 Å². The predicted octanol–water partition coefficient (Wildman–Crippen LogP) is 2.98. The van der Waals surface area contributed by atoms with Crippen LogP contribution < -0.4 is 15.0 Å². The molecule has 1 aromatic heterocycles. The topological polar surface area (TPSA) is 60.3 Å². The van der Waals surface area contributed by atoms with Crippen LogP contribution in [-0.4, -0.2) is 56.3 Å². The molecule has 2 aromatic rings. The van der Waals surface area contributed by atoms with Crippen LogP contribution in [-0.2, 0) is 6.54 Å². The van der Waals surface area contributed by atoms with Crippen molar-refractivity contribution in [1.29, 1.82) is 0 Å². The molecule has 2 N–H and O–H groups in total. The molecule has 1 fully saturated rings. The Hall–Kier alpha value is -1.68. The summed E-state index contributed by atoms with van der Waals surface area (Å²) in [6.07, 6.45) is 0. The normalized spacial score (nSPS) is 14.8. The number of anilines is 1. The molecule has 3 rings (SSSR count). The van der Waals surface area contributed by atoms with Gasteiger partial charge in [0.15, 0.2) is 5.96 Å². The number of hydrogen-bond donors (Lipinski definition) is 2. The van der Waals surface area contributed by atoms with Crippen LogP contribution in [0.4, 0.5) is 5.00 Å². The molecule has 0 spiro atoms. The molecule has 6 nitrogen and oxygen atoms in total. The molecular formula is C18H25IN4O2S. The molecule has 2 heterocycles. The van der Waals surface area contributed by atoms with E-state index in [2.05, 4.69) is 37.6 Å². The average Bonchev–Trinajstić information content (AvgIpc) is 3.19. The summed E-state index contributed by atoms with van der Waals surface area (Å²) in [6.45, 7) is 4.29. The number of ether oxygens (including phenoxy) is 1. The number of aromatic hydroxyl groups is 1. The Kier molecular flexibility index (Phi) is 7.83. The van der Waals surface area contributed by atoms with E-state index >= 15 is 0 Å². The summed E-state index contributed by atoms with van der Waals surface area (Å²) >= 11 is 1.78. The minimum atomic E-state index is 0. The molecule has 0 unspecified atom stereocenters. The van der Waals surface area contributed by atoms with Gasteiger partial charge in [0, 0.05) is 45.3 Å². The van der Waals surface area contributed by atoms with Gasteiger partial charge < -0.3 is 25.0 Å². The van der Waals surface area contributed by atoms with Crippen LogP contribution in [0.1, 0.15) is 5.56 Å². The van der Waals surface area contributed by atoms with Crippen molar-refractivity contribution in [3.8, 4) is 11.5 Å². The van der Waals surface area contributed by atoms with Gasteiger partial charge in [0.1, 0.15) is 11.5 Å². The summed E-state index contributed by atoms with van der Waals surface area (Å²) in [5.74, 6) is 1.84. The lowest BCUT2D eigenvalue weighted by atomic mass is 10.2. The zero-order valence-corrected chi connectivity index (χ0v) is 18.2. The van der Waals surface area contributed by atoms with Gasteiger partial charge in [-0.25, -0.2) is 0 Å². The largest absolute Gasteiger partial charge is 0.508 e. The summed E-state index contributed by atoms with van der Waals surface area (Å²) in [6, 6.07) is 9.49. The smallest absolute Gasteiger partial charge is 0.194 e. The minimum absolute atomic E-state index is 0. The first kappa shape index (κ1) is 20.6. The van der Waals surface area contributed by atoms with Crippen LogP contribution in [0.3, 0.4) is 0 Å². The second-order valence-corrected chi connectivity index (χ2v) is 6.75. The third-order valence-corrected chi connectivity index (χ3v) is 5.26. The monoisotopic (exact) mass is 488 g/mol. The highest BCUT2D eigenvalue weighted by Gasteiger charge is 2.20. The summed E-state index contributed by atoms with van der Waals surface area (Å²) in [4.78, 5) is 9.05. The Morgan fingerprint density at radius 3 is 2.65 bits per heavy atom. The number of methoxy groups -OCH3 is 1. The first-order chi connectivity index (χ1) is 12.2. The zero-order chi connectivity index (χ0) is 17.6. The van der Waals surface area contributed by atoms with Crippen molar-refractivity contribution < 1.29 is 9.84 Å². The molecule has 26 heavy (non-hydrogen) atoms. The van der Waals surface area contributed by atoms with Crippen LogP contribution in [0.2, 0.25) is 0 Å². The quantitative estimate of drug-likeness (QED) is 0.394. The number of benzene rings is 1. The van der Waals surface area contributed by atoms with E-state index in [1.807, 2.05) is 6.07 Å². The fraction of sp³-hybridized carbons (Fsp3) is 0.389. The van der Waals surface area contributed by atoms with Gasteiger partial charge in [0.25, 0.3) is 0 Å². The molecule has 0 bridgehead atoms. The molecule has 0 saturated carbocycles. The maximum absolute atomic E-state index is 10.0. The van der Waals surface area contributed by atoms with Crippen LogP contribution in [0.15, 0.2) is 40.7 Å². The molecule has 1 aliphatic heterocycles. The van der Waals surface area contributed by atoms with E-state index in [1.54, 1.807) is 37.6 Å². The van der Waals surface area contributed by atoms with Crippen molar-refractivity contribution in [2.24, 2.45) is 4.99 Å². The number of aliphatic imine (C=N–C) groups is 1. The first-order valence-electron chi connectivity index (χ1n) is 8.31. The molecule has 1 aliphatic rings. The predicted molar refractivity (Wildman–Crippen MR) is 118 cm³/mol. The molecule has 142 valence electrons. The van der Waals surface area contributed by atoms with Gasteiger partial charge >= 0.3 is 0 Å². The van der Waals surface area contributed by atoms with Crippen molar-refractivity contribution in [1.82, 2.24) is 10.2 Å². The Morgan fingerprint density at radius 1 is 1.27 bits per heavy atom. The Labute approximate surface area is 175 Å². The third kappa shape index (κ3) is 4.94. The number of phenols is 1. The highest BCUT2D eigenvalue weighted by molar-refractivity contribution is 14.0. The Bertz CT molecular complexity index is 716. The van der Waals surface area contributed by atoms with Crippen molar-refractivity contribution >= 4 is 46.3 Å². The van der Waals surface area contributed by atoms with Gasteiger partial charge in [-0.05, 0) is 35.7 Å². The van der Waals surface area contributed by atoms with Crippen LogP contribution >= 0.6 is 35.3 Å². The van der Waals surface area contributed by atoms with Gasteiger partial charge in [-0.2, -0.15) is 0 Å². The van der Waals surface area contributed by atoms with Crippen LogP contribution in [0.25, 0.3) is 0 Å². The first-order valence-corrected chi connectivity index (χ1v) is 9.19. The lowest BCUT2D eigenvalue weighted by Crippen LogP contribution is -2.52. The molecule has 0 radical (unpaired) electrons. The van der Waals surface area contributed by atoms with E-state index in [9.17, 15) is 5.11 Å². The van der Waals surface area contributed by atoms with E-state index in [-0.39, 0.29) is 29.7 Å². The number of hydrogen-bond acceptors (Lipinski definition) is 5. The van der Waals surface area contributed by atoms with E-state index < -0.39 is 0 Å². The number of piperazine rings is 1. The highest BCUT2D eigenvalue weighted by Crippen LogP contribution is 2.24. The Balaban J connectivity index is 0.00000243. The number of rotatable bonds is 4. The molecule has 0 aliphatic carbocycles. The lowest BCUT2D eigenvalue weighted by molar-refractivity contribution is 0.372. The summed E-state index contributed by atoms with van der Waals surface area (Å²) < 4.78 is 5.22. The maximum atomic E-state index is 10.0. The number of nitrogens with zero attached hydrogens (tertiary/aromatic N) is 3. The van der Waals surface area contributed by atoms with Crippen LogP contribution in [0.5, 0.6) is 11.5 Å². The van der Waals surface area contributed by atoms with Crippen molar-refractivity contribution in [3.05, 3.63) is 41.3 Å². The number of halogens is 1. The SMILES string of the molecule is CN=C(NCc1cc(OC)ccc1O)N1CCN(c2cccs2)CC1.I. The number of phenolic OH excluding ortho intramolecular Hbond substituents is 1. The molecule has 1 saturated heterocycles. The van der Waals surface area contributed by atoms with E-state index in [0.717, 1.165) is 43.5 Å². The average molecular weight is 488 g/mol. The van der Waals surface area contributed by atoms with Crippen molar-refractivity contribution in [2.75, 3.05) is 45.2 Å². The van der Waals surface area contributed by atoms with Gasteiger partial charge in [0.2, 0.25) is 0 Å². The van der Waals surface area contributed by atoms with Crippen LogP contribution in [0, 0.1) is 0 Å². The lowest BCUT2D eigenvalue weighted by Gasteiger charge is -2.37. The second kappa shape index (κ2) is 9.86. The van der Waals surface area contributed by atoms with E-state index in [0.29, 0.717) is 6.54 Å². The van der Waals surface area contributed by atoms with Gasteiger partial charge in [0.05, 0.1) is 12.1 Å². The van der Waals surface area contributed by atoms with Gasteiger partial charge in [-0.3, -0.25) is 4.99 Å². The molecule has 0 atom stereocenters. The molecule has 1 aromatic carbocycles. The highest BCUT2D eigenvalue weighted by atomic mass is 127. The van der Waals surface area contributed by atoms with E-state index in [4.69, 9.17) is 4.74 Å². The zero-order valence-electron chi connectivity index (χ0n) is 15.0. The number of thiophene rings is 1. The standard InChI is InChI=1S/C18H24N4O2S.HI/c1-19-18(20-13-14-12-15(24-2)5-6-16(14)23)22-9-7-21(8-10-22)17-4-3-11-25-17;/h3-6,11-12,23H,7-10,13H2,1-2H3,(H,19,20);1H. The van der Waals surface area contributed by atoms with Gasteiger partial charge in [-0.1, -0.05) is 0 Å². The second-order valence-electron chi connectivity index (χ2n) is 5.82. The van der Waals surface area contributed by atoms with Crippen molar-refractivity contribution in [3.63, 3.8) is 0 Å². The fourth-order valence-corrected chi connectivity index (χ4v) is 3.71. The maximum Gasteiger partial charge on any atom is 0.194 e. The summed E-state index contributed by atoms with van der Waals surface area (Å²) in [5.41, 5.74) is 0.790. The fourth-order valence-electron chi connectivity index (χ4n) is 2.93. The van der Waals surface area contributed by atoms with Gasteiger partial charge in [-0.15, -0.1) is 35.3 Å². The molecule has 0 amide bonds. The summed E-state index contributed by atoms with van der Waals surface area (Å²) in [7, 11) is 3.41. The molecular weight excluding hydrogens is 463 g/mol. The van der Waals surface area contributed by atoms with E-state index in [1.165, 1.54) is 5.00 Å². The Morgan fingerprint density at radius 2 is 2.04 bits per heavy atom. The molecule has 8 heteroatoms. The number of guanidine groups is 1. The minimum Gasteiger partial charge on any atom is -0.508 e. The summed E-state index contributed by atoms with van der Waals surface area (Å²) in [5, 5.41) is 16.8. The number of nitrogens with one attached hydrogen (secondary N) is 1. The third-order valence-electron chi connectivity index (χ3n) is 4.33.